The first kappa shape index (κ1) is 19.3. The van der Waals surface area contributed by atoms with Crippen molar-refractivity contribution >= 4 is 29.4 Å². The molecule has 3 rings (SSSR count). The van der Waals surface area contributed by atoms with Crippen molar-refractivity contribution < 1.29 is 14.0 Å². The minimum Gasteiger partial charge on any atom is -0.305 e. The smallest absolute Gasteiger partial charge is 0.305 e. The first-order valence-corrected chi connectivity index (χ1v) is 9.93. The minimum absolute atomic E-state index is 0.0168. The Hall–Kier alpha value is -2.42. The molecule has 3 amide bonds. The third-order valence-electron chi connectivity index (χ3n) is 4.48. The predicted octanol–water partition coefficient (Wildman–Crippen LogP) is 3.67. The number of halogens is 1. The number of urea groups is 1. The Kier molecular flexibility index (Phi) is 6.44. The van der Waals surface area contributed by atoms with Gasteiger partial charge in [-0.15, -0.1) is 10.2 Å². The molecule has 0 saturated heterocycles. The SMILES string of the molecule is Cc1nnc(SCC(=O)NC(=O)Nc2ccccc2F)n1C1CCCCC1. The van der Waals surface area contributed by atoms with Crippen molar-refractivity contribution in [3.63, 3.8) is 0 Å². The van der Waals surface area contributed by atoms with E-state index in [0.717, 1.165) is 18.7 Å². The molecule has 2 N–H and O–H groups in total. The van der Waals surface area contributed by atoms with Crippen molar-refractivity contribution in [2.24, 2.45) is 0 Å². The maximum atomic E-state index is 13.5. The zero-order chi connectivity index (χ0) is 19.2. The molecular weight excluding hydrogens is 369 g/mol. The van der Waals surface area contributed by atoms with Crippen LogP contribution < -0.4 is 10.6 Å². The Balaban J connectivity index is 1.53. The van der Waals surface area contributed by atoms with Gasteiger partial charge in [-0.2, -0.15) is 0 Å². The summed E-state index contributed by atoms with van der Waals surface area (Å²) in [5.74, 6) is -0.187. The van der Waals surface area contributed by atoms with E-state index >= 15 is 0 Å². The van der Waals surface area contributed by atoms with E-state index < -0.39 is 17.8 Å². The zero-order valence-corrected chi connectivity index (χ0v) is 15.9. The summed E-state index contributed by atoms with van der Waals surface area (Å²) in [5, 5.41) is 13.5. The van der Waals surface area contributed by atoms with Gasteiger partial charge in [-0.3, -0.25) is 10.1 Å². The van der Waals surface area contributed by atoms with Crippen LogP contribution in [-0.2, 0) is 4.79 Å². The normalized spacial score (nSPS) is 14.7. The molecule has 1 fully saturated rings. The van der Waals surface area contributed by atoms with Gasteiger partial charge in [-0.25, -0.2) is 9.18 Å². The van der Waals surface area contributed by atoms with Crippen molar-refractivity contribution in [3.05, 3.63) is 35.9 Å². The number of para-hydroxylation sites is 1. The highest BCUT2D eigenvalue weighted by Gasteiger charge is 2.22. The van der Waals surface area contributed by atoms with Crippen LogP contribution in [0.4, 0.5) is 14.9 Å². The molecule has 1 aliphatic rings. The predicted molar refractivity (Wildman–Crippen MR) is 101 cm³/mol. The van der Waals surface area contributed by atoms with E-state index in [1.807, 2.05) is 6.92 Å². The molecule has 0 aliphatic heterocycles. The summed E-state index contributed by atoms with van der Waals surface area (Å²) in [6.07, 6.45) is 5.79. The number of benzene rings is 1. The highest BCUT2D eigenvalue weighted by Crippen LogP contribution is 2.32. The van der Waals surface area contributed by atoms with Gasteiger partial charge in [0.05, 0.1) is 11.4 Å². The number of nitrogens with zero attached hydrogens (tertiary/aromatic N) is 3. The summed E-state index contributed by atoms with van der Waals surface area (Å²) in [6.45, 7) is 1.91. The third kappa shape index (κ3) is 5.06. The van der Waals surface area contributed by atoms with Gasteiger partial charge in [0.25, 0.3) is 0 Å². The molecule has 0 atom stereocenters. The Bertz CT molecular complexity index is 820. The number of anilines is 1. The van der Waals surface area contributed by atoms with E-state index in [4.69, 9.17) is 0 Å². The molecule has 7 nitrogen and oxygen atoms in total. The number of carbonyl (C=O) groups is 2. The molecular formula is C18H22FN5O2S. The number of hydrogen-bond acceptors (Lipinski definition) is 5. The Morgan fingerprint density at radius 3 is 2.70 bits per heavy atom. The molecule has 0 unspecified atom stereocenters. The van der Waals surface area contributed by atoms with Crippen molar-refractivity contribution in [2.45, 2.75) is 50.2 Å². The average Bonchev–Trinajstić information content (AvgIpc) is 3.03. The van der Waals surface area contributed by atoms with Gasteiger partial charge in [-0.1, -0.05) is 43.2 Å². The summed E-state index contributed by atoms with van der Waals surface area (Å²) < 4.78 is 15.6. The second-order valence-electron chi connectivity index (χ2n) is 6.46. The van der Waals surface area contributed by atoms with Crippen LogP contribution in [0, 0.1) is 12.7 Å². The van der Waals surface area contributed by atoms with Crippen LogP contribution in [-0.4, -0.2) is 32.5 Å². The highest BCUT2D eigenvalue weighted by atomic mass is 32.2. The van der Waals surface area contributed by atoms with Crippen LogP contribution in [0.3, 0.4) is 0 Å². The fourth-order valence-corrected chi connectivity index (χ4v) is 4.07. The van der Waals surface area contributed by atoms with Crippen LogP contribution >= 0.6 is 11.8 Å². The number of imide groups is 1. The number of thioether (sulfide) groups is 1. The Morgan fingerprint density at radius 2 is 1.96 bits per heavy atom. The Morgan fingerprint density at radius 1 is 1.22 bits per heavy atom. The van der Waals surface area contributed by atoms with Crippen LogP contribution in [0.2, 0.25) is 0 Å². The van der Waals surface area contributed by atoms with Gasteiger partial charge in [0.2, 0.25) is 5.91 Å². The molecule has 0 spiro atoms. The van der Waals surface area contributed by atoms with Crippen molar-refractivity contribution in [1.29, 1.82) is 0 Å². The lowest BCUT2D eigenvalue weighted by molar-refractivity contribution is -0.117. The summed E-state index contributed by atoms with van der Waals surface area (Å²) in [4.78, 5) is 23.9. The maximum absolute atomic E-state index is 13.5. The lowest BCUT2D eigenvalue weighted by atomic mass is 9.95. The van der Waals surface area contributed by atoms with Crippen LogP contribution in [0.15, 0.2) is 29.4 Å². The molecule has 1 aliphatic carbocycles. The molecule has 144 valence electrons. The van der Waals surface area contributed by atoms with Crippen LogP contribution in [0.25, 0.3) is 0 Å². The van der Waals surface area contributed by atoms with Crippen molar-refractivity contribution in [1.82, 2.24) is 20.1 Å². The number of hydrogen-bond donors (Lipinski definition) is 2. The van der Waals surface area contributed by atoms with Gasteiger partial charge in [0.15, 0.2) is 5.16 Å². The molecule has 1 saturated carbocycles. The van der Waals surface area contributed by atoms with E-state index in [1.54, 1.807) is 6.07 Å². The number of rotatable bonds is 5. The third-order valence-corrected chi connectivity index (χ3v) is 5.43. The molecule has 1 aromatic carbocycles. The summed E-state index contributed by atoms with van der Waals surface area (Å²) >= 11 is 1.24. The lowest BCUT2D eigenvalue weighted by Crippen LogP contribution is -2.35. The standard InChI is InChI=1S/C18H22FN5O2S/c1-12-22-23-18(24(12)13-7-3-2-4-8-13)27-11-16(25)21-17(26)20-15-10-6-5-9-14(15)19/h5-6,9-10,13H,2-4,7-8,11H2,1H3,(H2,20,21,25,26). The molecule has 1 aromatic heterocycles. The van der Waals surface area contributed by atoms with Gasteiger partial charge in [-0.05, 0) is 31.9 Å². The van der Waals surface area contributed by atoms with E-state index in [1.165, 1.54) is 49.2 Å². The summed E-state index contributed by atoms with van der Waals surface area (Å²) in [7, 11) is 0. The monoisotopic (exact) mass is 391 g/mol. The van der Waals surface area contributed by atoms with Gasteiger partial charge in [0, 0.05) is 6.04 Å². The molecule has 2 aromatic rings. The molecule has 0 bridgehead atoms. The highest BCUT2D eigenvalue weighted by molar-refractivity contribution is 7.99. The van der Waals surface area contributed by atoms with Gasteiger partial charge >= 0.3 is 6.03 Å². The van der Waals surface area contributed by atoms with Gasteiger partial charge < -0.3 is 9.88 Å². The number of amides is 3. The fourth-order valence-electron chi connectivity index (χ4n) is 3.22. The van der Waals surface area contributed by atoms with Crippen LogP contribution in [0.5, 0.6) is 0 Å². The average molecular weight is 391 g/mol. The van der Waals surface area contributed by atoms with Crippen molar-refractivity contribution in [2.75, 3.05) is 11.1 Å². The molecule has 27 heavy (non-hydrogen) atoms. The van der Waals surface area contributed by atoms with Gasteiger partial charge in [0.1, 0.15) is 11.6 Å². The quantitative estimate of drug-likeness (QED) is 0.759. The van der Waals surface area contributed by atoms with Crippen molar-refractivity contribution in [3.8, 4) is 0 Å². The topological polar surface area (TPSA) is 88.9 Å². The number of aryl methyl sites for hydroxylation is 1. The van der Waals surface area contributed by atoms with Crippen LogP contribution in [0.1, 0.15) is 44.0 Å². The number of aromatic nitrogens is 3. The second-order valence-corrected chi connectivity index (χ2v) is 7.40. The number of nitrogens with one attached hydrogen (secondary N) is 2. The number of carbonyl (C=O) groups excluding carboxylic acids is 2. The van der Waals surface area contributed by atoms with E-state index in [2.05, 4.69) is 25.4 Å². The maximum Gasteiger partial charge on any atom is 0.325 e. The summed E-state index contributed by atoms with van der Waals surface area (Å²) in [6, 6.07) is 5.36. The summed E-state index contributed by atoms with van der Waals surface area (Å²) in [5.41, 5.74) is 0.0168. The van der Waals surface area contributed by atoms with E-state index in [-0.39, 0.29) is 11.4 Å². The van der Waals surface area contributed by atoms with E-state index in [0.29, 0.717) is 11.2 Å². The molecule has 9 heteroatoms. The fraction of sp³-hybridized carbons (Fsp3) is 0.444. The van der Waals surface area contributed by atoms with E-state index in [9.17, 15) is 14.0 Å². The second kappa shape index (κ2) is 8.98. The first-order chi connectivity index (χ1) is 13.0. The largest absolute Gasteiger partial charge is 0.325 e. The first-order valence-electron chi connectivity index (χ1n) is 8.94. The lowest BCUT2D eigenvalue weighted by Gasteiger charge is -2.24. The Labute approximate surface area is 161 Å². The zero-order valence-electron chi connectivity index (χ0n) is 15.1. The minimum atomic E-state index is -0.768. The molecule has 0 radical (unpaired) electrons. The molecule has 1 heterocycles.